The van der Waals surface area contributed by atoms with Gasteiger partial charge >= 0.3 is 0 Å². The number of halogens is 2. The van der Waals surface area contributed by atoms with E-state index in [1.807, 2.05) is 7.05 Å². The Balaban J connectivity index is 1.89. The minimum atomic E-state index is -0.832. The third-order valence-corrected chi connectivity index (χ3v) is 3.70. The van der Waals surface area contributed by atoms with Crippen LogP contribution in [0.2, 0.25) is 0 Å². The summed E-state index contributed by atoms with van der Waals surface area (Å²) >= 11 is 0. The second-order valence-corrected chi connectivity index (χ2v) is 5.47. The molecule has 0 saturated heterocycles. The van der Waals surface area contributed by atoms with E-state index in [0.29, 0.717) is 12.1 Å². The summed E-state index contributed by atoms with van der Waals surface area (Å²) in [5.74, 6) is -0.0772. The number of likely N-dealkylation sites (N-methyl/N-ethyl adjacent to an activating group) is 1. The quantitative estimate of drug-likeness (QED) is 0.875. The van der Waals surface area contributed by atoms with Crippen molar-refractivity contribution in [1.82, 2.24) is 4.90 Å². The van der Waals surface area contributed by atoms with E-state index >= 15 is 0 Å². The Labute approximate surface area is 107 Å². The Morgan fingerprint density at radius 3 is 2.61 bits per heavy atom. The number of benzene rings is 1. The molecule has 2 nitrogen and oxygen atoms in total. The number of nitrogens with zero attached hydrogens (tertiary/aromatic N) is 1. The average Bonchev–Trinajstić information content (AvgIpc) is 2.97. The Morgan fingerprint density at radius 2 is 2.06 bits per heavy atom. The lowest BCUT2D eigenvalue weighted by molar-refractivity contribution is 0.295. The highest BCUT2D eigenvalue weighted by molar-refractivity contribution is 5.21. The molecule has 0 aromatic heterocycles. The second kappa shape index (κ2) is 5.33. The normalized spacial score (nSPS) is 24.3. The van der Waals surface area contributed by atoms with E-state index in [0.717, 1.165) is 24.4 Å². The van der Waals surface area contributed by atoms with E-state index in [2.05, 4.69) is 11.8 Å². The first-order chi connectivity index (χ1) is 8.47. The largest absolute Gasteiger partial charge is 0.323 e. The fourth-order valence-electron chi connectivity index (χ4n) is 2.31. The van der Waals surface area contributed by atoms with Crippen molar-refractivity contribution in [3.8, 4) is 0 Å². The molecule has 0 heterocycles. The van der Waals surface area contributed by atoms with Crippen LogP contribution in [-0.4, -0.2) is 25.0 Å². The van der Waals surface area contributed by atoms with Crippen LogP contribution in [0.15, 0.2) is 18.2 Å². The predicted molar refractivity (Wildman–Crippen MR) is 68.1 cm³/mol. The molecular weight excluding hydrogens is 234 g/mol. The van der Waals surface area contributed by atoms with Gasteiger partial charge in [-0.15, -0.1) is 0 Å². The van der Waals surface area contributed by atoms with Gasteiger partial charge in [-0.25, -0.2) is 8.78 Å². The molecule has 0 aliphatic heterocycles. The summed E-state index contributed by atoms with van der Waals surface area (Å²) in [7, 11) is 2.02. The second-order valence-electron chi connectivity index (χ2n) is 5.47. The zero-order chi connectivity index (χ0) is 13.3. The fraction of sp³-hybridized carbons (Fsp3) is 0.571. The van der Waals surface area contributed by atoms with Gasteiger partial charge in [-0.05, 0) is 43.0 Å². The standard InChI is InChI=1S/C14H20F2N2/c1-9-5-11(9)7-18(2)8-14(17)10-3-4-12(15)13(16)6-10/h3-4,6,9,11,14H,5,7-8,17H2,1-2H3. The van der Waals surface area contributed by atoms with Gasteiger partial charge in [0.15, 0.2) is 11.6 Å². The summed E-state index contributed by atoms with van der Waals surface area (Å²) in [5.41, 5.74) is 6.66. The van der Waals surface area contributed by atoms with E-state index in [4.69, 9.17) is 5.73 Å². The highest BCUT2D eigenvalue weighted by atomic mass is 19.2. The number of rotatable bonds is 5. The number of hydrogen-bond acceptors (Lipinski definition) is 2. The van der Waals surface area contributed by atoms with Crippen molar-refractivity contribution >= 4 is 0 Å². The molecule has 2 N–H and O–H groups in total. The predicted octanol–water partition coefficient (Wildman–Crippen LogP) is 2.55. The molecule has 4 heteroatoms. The minimum Gasteiger partial charge on any atom is -0.323 e. The van der Waals surface area contributed by atoms with Crippen molar-refractivity contribution in [2.75, 3.05) is 20.1 Å². The Hall–Kier alpha value is -1.00. The average molecular weight is 254 g/mol. The molecule has 1 aromatic rings. The van der Waals surface area contributed by atoms with Crippen LogP contribution in [0.4, 0.5) is 8.78 Å². The van der Waals surface area contributed by atoms with Gasteiger partial charge < -0.3 is 10.6 Å². The molecule has 100 valence electrons. The molecule has 3 atom stereocenters. The van der Waals surface area contributed by atoms with Crippen LogP contribution in [0, 0.1) is 23.5 Å². The number of hydrogen-bond donors (Lipinski definition) is 1. The Morgan fingerprint density at radius 1 is 1.39 bits per heavy atom. The summed E-state index contributed by atoms with van der Waals surface area (Å²) in [5, 5.41) is 0. The molecule has 0 amide bonds. The topological polar surface area (TPSA) is 29.3 Å². The molecule has 0 radical (unpaired) electrons. The molecule has 3 unspecified atom stereocenters. The van der Waals surface area contributed by atoms with E-state index in [9.17, 15) is 8.78 Å². The molecule has 1 aromatic carbocycles. The Bertz CT molecular complexity index is 422. The first-order valence-corrected chi connectivity index (χ1v) is 6.36. The molecule has 1 aliphatic carbocycles. The lowest BCUT2D eigenvalue weighted by atomic mass is 10.1. The lowest BCUT2D eigenvalue weighted by Gasteiger charge is -2.21. The van der Waals surface area contributed by atoms with Gasteiger partial charge in [0.25, 0.3) is 0 Å². The molecule has 1 saturated carbocycles. The van der Waals surface area contributed by atoms with Crippen LogP contribution in [0.25, 0.3) is 0 Å². The molecule has 2 rings (SSSR count). The van der Waals surface area contributed by atoms with Gasteiger partial charge in [0, 0.05) is 19.1 Å². The molecular formula is C14H20F2N2. The van der Waals surface area contributed by atoms with Crippen molar-refractivity contribution in [1.29, 1.82) is 0 Å². The van der Waals surface area contributed by atoms with E-state index < -0.39 is 11.6 Å². The van der Waals surface area contributed by atoms with Crippen molar-refractivity contribution in [3.63, 3.8) is 0 Å². The van der Waals surface area contributed by atoms with Crippen LogP contribution in [0.5, 0.6) is 0 Å². The lowest BCUT2D eigenvalue weighted by Crippen LogP contribution is -2.30. The third-order valence-electron chi connectivity index (χ3n) is 3.70. The SMILES string of the molecule is CC1CC1CN(C)CC(N)c1ccc(F)c(F)c1. The zero-order valence-electron chi connectivity index (χ0n) is 10.9. The molecule has 0 spiro atoms. The van der Waals surface area contributed by atoms with Crippen molar-refractivity contribution in [3.05, 3.63) is 35.4 Å². The first-order valence-electron chi connectivity index (χ1n) is 6.36. The maximum absolute atomic E-state index is 13.1. The van der Waals surface area contributed by atoms with Gasteiger partial charge in [-0.1, -0.05) is 13.0 Å². The van der Waals surface area contributed by atoms with Crippen LogP contribution in [-0.2, 0) is 0 Å². The maximum Gasteiger partial charge on any atom is 0.159 e. The van der Waals surface area contributed by atoms with Crippen molar-refractivity contribution in [2.45, 2.75) is 19.4 Å². The summed E-state index contributed by atoms with van der Waals surface area (Å²) in [6.45, 7) is 3.93. The minimum absolute atomic E-state index is 0.279. The van der Waals surface area contributed by atoms with Gasteiger partial charge in [-0.2, -0.15) is 0 Å². The van der Waals surface area contributed by atoms with E-state index in [1.54, 1.807) is 6.07 Å². The third kappa shape index (κ3) is 3.27. The monoisotopic (exact) mass is 254 g/mol. The van der Waals surface area contributed by atoms with Crippen LogP contribution in [0.3, 0.4) is 0 Å². The van der Waals surface area contributed by atoms with E-state index in [1.165, 1.54) is 12.5 Å². The van der Waals surface area contributed by atoms with Crippen LogP contribution >= 0.6 is 0 Å². The molecule has 18 heavy (non-hydrogen) atoms. The van der Waals surface area contributed by atoms with Crippen LogP contribution < -0.4 is 5.73 Å². The van der Waals surface area contributed by atoms with Gasteiger partial charge in [0.05, 0.1) is 0 Å². The van der Waals surface area contributed by atoms with Crippen LogP contribution in [0.1, 0.15) is 24.9 Å². The highest BCUT2D eigenvalue weighted by Gasteiger charge is 2.33. The summed E-state index contributed by atoms with van der Waals surface area (Å²) < 4.78 is 25.9. The zero-order valence-corrected chi connectivity index (χ0v) is 10.9. The number of nitrogens with two attached hydrogens (primary N) is 1. The smallest absolute Gasteiger partial charge is 0.159 e. The molecule has 1 fully saturated rings. The van der Waals surface area contributed by atoms with E-state index in [-0.39, 0.29) is 6.04 Å². The van der Waals surface area contributed by atoms with Gasteiger partial charge in [0.1, 0.15) is 0 Å². The van der Waals surface area contributed by atoms with Gasteiger partial charge in [0.2, 0.25) is 0 Å². The molecule has 0 bridgehead atoms. The first kappa shape index (κ1) is 13.4. The Kier molecular flexibility index (Phi) is 3.97. The molecule has 1 aliphatic rings. The summed E-state index contributed by atoms with van der Waals surface area (Å²) in [6, 6.07) is 3.59. The summed E-state index contributed by atoms with van der Waals surface area (Å²) in [6.07, 6.45) is 1.28. The maximum atomic E-state index is 13.1. The van der Waals surface area contributed by atoms with Crippen molar-refractivity contribution < 1.29 is 8.78 Å². The fourth-order valence-corrected chi connectivity index (χ4v) is 2.31. The van der Waals surface area contributed by atoms with Crippen molar-refractivity contribution in [2.24, 2.45) is 17.6 Å². The summed E-state index contributed by atoms with van der Waals surface area (Å²) in [4.78, 5) is 2.17. The highest BCUT2D eigenvalue weighted by Crippen LogP contribution is 2.38. The van der Waals surface area contributed by atoms with Gasteiger partial charge in [-0.3, -0.25) is 0 Å².